The van der Waals surface area contributed by atoms with Gasteiger partial charge in [-0.1, -0.05) is 28.1 Å². The second kappa shape index (κ2) is 4.43. The number of hydrogen-bond acceptors (Lipinski definition) is 2. The molecule has 2 atom stereocenters. The lowest BCUT2D eigenvalue weighted by Crippen LogP contribution is -2.48. The van der Waals surface area contributed by atoms with Gasteiger partial charge in [-0.25, -0.2) is 0 Å². The van der Waals surface area contributed by atoms with E-state index in [4.69, 9.17) is 0 Å². The van der Waals surface area contributed by atoms with E-state index in [-0.39, 0.29) is 0 Å². The fraction of sp³-hybridized carbons (Fsp3) is 0.455. The molecular formula is C11H15BrN2. The molecule has 2 rings (SSSR count). The first kappa shape index (κ1) is 10.1. The predicted molar refractivity (Wildman–Crippen MR) is 62.4 cm³/mol. The van der Waals surface area contributed by atoms with E-state index in [1.54, 1.807) is 0 Å². The van der Waals surface area contributed by atoms with Gasteiger partial charge in [-0.05, 0) is 24.6 Å². The fourth-order valence-corrected chi connectivity index (χ4v) is 2.16. The van der Waals surface area contributed by atoms with E-state index in [0.29, 0.717) is 12.1 Å². The number of hydrogen-bond donors (Lipinski definition) is 2. The number of piperazine rings is 1. The van der Waals surface area contributed by atoms with Crippen molar-refractivity contribution in [3.05, 3.63) is 34.3 Å². The molecule has 0 aliphatic carbocycles. The zero-order chi connectivity index (χ0) is 9.97. The van der Waals surface area contributed by atoms with E-state index in [0.717, 1.165) is 17.6 Å². The number of nitrogens with one attached hydrogen (secondary N) is 2. The third-order valence-corrected chi connectivity index (χ3v) is 3.21. The number of benzene rings is 1. The summed E-state index contributed by atoms with van der Waals surface area (Å²) in [6.45, 7) is 4.33. The highest BCUT2D eigenvalue weighted by Gasteiger charge is 2.21. The lowest BCUT2D eigenvalue weighted by atomic mass is 9.99. The molecule has 0 radical (unpaired) electrons. The lowest BCUT2D eigenvalue weighted by Gasteiger charge is -2.31. The molecule has 0 aromatic heterocycles. The molecule has 0 saturated carbocycles. The molecule has 1 fully saturated rings. The van der Waals surface area contributed by atoms with Crippen molar-refractivity contribution in [2.75, 3.05) is 13.1 Å². The van der Waals surface area contributed by atoms with Crippen molar-refractivity contribution >= 4 is 15.9 Å². The van der Waals surface area contributed by atoms with Gasteiger partial charge in [-0.2, -0.15) is 0 Å². The Balaban J connectivity index is 2.16. The van der Waals surface area contributed by atoms with Gasteiger partial charge >= 0.3 is 0 Å². The SMILES string of the molecule is CC1NCCNC1c1ccc(Br)cc1. The van der Waals surface area contributed by atoms with E-state index in [2.05, 4.69) is 57.8 Å². The maximum Gasteiger partial charge on any atom is 0.0473 e. The summed E-state index contributed by atoms with van der Waals surface area (Å²) in [6, 6.07) is 9.48. The third-order valence-electron chi connectivity index (χ3n) is 2.68. The van der Waals surface area contributed by atoms with Crippen LogP contribution in [0.4, 0.5) is 0 Å². The first-order chi connectivity index (χ1) is 6.77. The zero-order valence-electron chi connectivity index (χ0n) is 8.26. The molecule has 1 aromatic rings. The highest BCUT2D eigenvalue weighted by molar-refractivity contribution is 9.10. The van der Waals surface area contributed by atoms with Crippen LogP contribution in [0.2, 0.25) is 0 Å². The van der Waals surface area contributed by atoms with Crippen molar-refractivity contribution in [1.29, 1.82) is 0 Å². The molecule has 1 aromatic carbocycles. The smallest absolute Gasteiger partial charge is 0.0473 e. The van der Waals surface area contributed by atoms with Gasteiger partial charge in [0.15, 0.2) is 0 Å². The molecule has 3 heteroatoms. The van der Waals surface area contributed by atoms with Gasteiger partial charge in [0.1, 0.15) is 0 Å². The van der Waals surface area contributed by atoms with Crippen LogP contribution >= 0.6 is 15.9 Å². The fourth-order valence-electron chi connectivity index (χ4n) is 1.90. The van der Waals surface area contributed by atoms with Gasteiger partial charge in [-0.3, -0.25) is 0 Å². The molecular weight excluding hydrogens is 240 g/mol. The van der Waals surface area contributed by atoms with Crippen LogP contribution in [-0.4, -0.2) is 19.1 Å². The summed E-state index contributed by atoms with van der Waals surface area (Å²) >= 11 is 3.45. The van der Waals surface area contributed by atoms with Gasteiger partial charge < -0.3 is 10.6 Å². The summed E-state index contributed by atoms with van der Waals surface area (Å²) in [6.07, 6.45) is 0. The van der Waals surface area contributed by atoms with Crippen LogP contribution in [-0.2, 0) is 0 Å². The van der Waals surface area contributed by atoms with Gasteiger partial charge in [0.2, 0.25) is 0 Å². The summed E-state index contributed by atoms with van der Waals surface area (Å²) in [7, 11) is 0. The maximum absolute atomic E-state index is 3.53. The Bertz CT molecular complexity index is 297. The Morgan fingerprint density at radius 1 is 1.14 bits per heavy atom. The largest absolute Gasteiger partial charge is 0.311 e. The van der Waals surface area contributed by atoms with E-state index in [9.17, 15) is 0 Å². The summed E-state index contributed by atoms with van der Waals surface area (Å²) in [5.41, 5.74) is 1.35. The van der Waals surface area contributed by atoms with Crippen LogP contribution in [0.15, 0.2) is 28.7 Å². The average molecular weight is 255 g/mol. The van der Waals surface area contributed by atoms with Crippen molar-refractivity contribution in [3.63, 3.8) is 0 Å². The van der Waals surface area contributed by atoms with Crippen molar-refractivity contribution < 1.29 is 0 Å². The maximum atomic E-state index is 3.53. The minimum Gasteiger partial charge on any atom is -0.311 e. The highest BCUT2D eigenvalue weighted by atomic mass is 79.9. The van der Waals surface area contributed by atoms with E-state index in [1.807, 2.05) is 0 Å². The molecule has 14 heavy (non-hydrogen) atoms. The molecule has 76 valence electrons. The lowest BCUT2D eigenvalue weighted by molar-refractivity contribution is 0.345. The second-order valence-corrected chi connectivity index (χ2v) is 4.64. The summed E-state index contributed by atoms with van der Waals surface area (Å²) < 4.78 is 1.14. The molecule has 0 bridgehead atoms. The summed E-state index contributed by atoms with van der Waals surface area (Å²) in [5.74, 6) is 0. The van der Waals surface area contributed by atoms with Crippen LogP contribution < -0.4 is 10.6 Å². The van der Waals surface area contributed by atoms with Crippen molar-refractivity contribution in [1.82, 2.24) is 10.6 Å². The van der Waals surface area contributed by atoms with Crippen LogP contribution in [0, 0.1) is 0 Å². The standard InChI is InChI=1S/C11H15BrN2/c1-8-11(14-7-6-13-8)9-2-4-10(12)5-3-9/h2-5,8,11,13-14H,6-7H2,1H3. The monoisotopic (exact) mass is 254 g/mol. The molecule has 1 heterocycles. The average Bonchev–Trinajstić information content (AvgIpc) is 2.20. The molecule has 1 aliphatic rings. The molecule has 2 N–H and O–H groups in total. The van der Waals surface area contributed by atoms with E-state index in [1.165, 1.54) is 5.56 Å². The summed E-state index contributed by atoms with van der Waals surface area (Å²) in [4.78, 5) is 0. The molecule has 0 amide bonds. The minimum atomic E-state index is 0.442. The summed E-state index contributed by atoms with van der Waals surface area (Å²) in [5, 5.41) is 7.00. The van der Waals surface area contributed by atoms with E-state index >= 15 is 0 Å². The van der Waals surface area contributed by atoms with Crippen molar-refractivity contribution in [3.8, 4) is 0 Å². The highest BCUT2D eigenvalue weighted by Crippen LogP contribution is 2.20. The van der Waals surface area contributed by atoms with Crippen LogP contribution in [0.5, 0.6) is 0 Å². The molecule has 0 spiro atoms. The minimum absolute atomic E-state index is 0.442. The third kappa shape index (κ3) is 2.16. The van der Waals surface area contributed by atoms with Crippen LogP contribution in [0.3, 0.4) is 0 Å². The predicted octanol–water partition coefficient (Wildman–Crippen LogP) is 2.07. The zero-order valence-corrected chi connectivity index (χ0v) is 9.84. The Morgan fingerprint density at radius 2 is 1.79 bits per heavy atom. The van der Waals surface area contributed by atoms with Gasteiger partial charge in [0.05, 0.1) is 0 Å². The van der Waals surface area contributed by atoms with Crippen molar-refractivity contribution in [2.45, 2.75) is 19.0 Å². The van der Waals surface area contributed by atoms with Crippen molar-refractivity contribution in [2.24, 2.45) is 0 Å². The molecule has 2 nitrogen and oxygen atoms in total. The second-order valence-electron chi connectivity index (χ2n) is 3.73. The van der Waals surface area contributed by atoms with Gasteiger partial charge in [-0.15, -0.1) is 0 Å². The number of halogens is 1. The Hall–Kier alpha value is -0.380. The van der Waals surface area contributed by atoms with Crippen LogP contribution in [0.1, 0.15) is 18.5 Å². The Labute approximate surface area is 93.2 Å². The molecule has 2 unspecified atom stereocenters. The molecule has 1 aliphatic heterocycles. The quantitative estimate of drug-likeness (QED) is 0.802. The topological polar surface area (TPSA) is 24.1 Å². The first-order valence-corrected chi connectivity index (χ1v) is 5.79. The molecule has 1 saturated heterocycles. The van der Waals surface area contributed by atoms with Crippen LogP contribution in [0.25, 0.3) is 0 Å². The Morgan fingerprint density at radius 3 is 2.43 bits per heavy atom. The number of rotatable bonds is 1. The van der Waals surface area contributed by atoms with Gasteiger partial charge in [0.25, 0.3) is 0 Å². The Kier molecular flexibility index (Phi) is 3.21. The normalized spacial score (nSPS) is 27.6. The van der Waals surface area contributed by atoms with E-state index < -0.39 is 0 Å². The first-order valence-electron chi connectivity index (χ1n) is 4.99. The van der Waals surface area contributed by atoms with Gasteiger partial charge in [0, 0.05) is 29.6 Å².